The maximum Gasteiger partial charge on any atom is 0.101 e. The molecule has 0 bridgehead atoms. The van der Waals surface area contributed by atoms with Gasteiger partial charge < -0.3 is 10.3 Å². The second-order valence-electron chi connectivity index (χ2n) is 2.10. The third kappa shape index (κ3) is 0.893. The van der Waals surface area contributed by atoms with E-state index < -0.39 is 0 Å². The number of nitrogens with two attached hydrogens (primary N) is 1. The van der Waals surface area contributed by atoms with Crippen molar-refractivity contribution in [2.24, 2.45) is 12.8 Å². The third-order valence-corrected chi connectivity index (χ3v) is 1.52. The summed E-state index contributed by atoms with van der Waals surface area (Å²) >= 11 is 0. The van der Waals surface area contributed by atoms with Crippen molar-refractivity contribution in [1.29, 1.82) is 5.26 Å². The van der Waals surface area contributed by atoms with Crippen LogP contribution in [0, 0.1) is 11.3 Å². The standard InChI is InChI=1S/C7H9N3/c1-10-3-2-6(4-8)7(10)5-9/h2-3H,5,9H2,1H3. The van der Waals surface area contributed by atoms with Crippen LogP contribution < -0.4 is 5.73 Å². The summed E-state index contributed by atoms with van der Waals surface area (Å²) in [4.78, 5) is 0. The smallest absolute Gasteiger partial charge is 0.101 e. The summed E-state index contributed by atoms with van der Waals surface area (Å²) in [7, 11) is 1.88. The van der Waals surface area contributed by atoms with E-state index in [1.807, 2.05) is 17.8 Å². The summed E-state index contributed by atoms with van der Waals surface area (Å²) in [6.45, 7) is 0.423. The highest BCUT2D eigenvalue weighted by Crippen LogP contribution is 2.06. The Balaban J connectivity index is 3.16. The number of nitrogens with zero attached hydrogens (tertiary/aromatic N) is 2. The second-order valence-corrected chi connectivity index (χ2v) is 2.10. The number of nitriles is 1. The van der Waals surface area contributed by atoms with E-state index in [9.17, 15) is 0 Å². The fourth-order valence-corrected chi connectivity index (χ4v) is 0.918. The van der Waals surface area contributed by atoms with Crippen molar-refractivity contribution in [2.75, 3.05) is 0 Å². The highest BCUT2D eigenvalue weighted by Gasteiger charge is 2.01. The van der Waals surface area contributed by atoms with E-state index >= 15 is 0 Å². The van der Waals surface area contributed by atoms with E-state index in [0.29, 0.717) is 12.1 Å². The Morgan fingerprint density at radius 2 is 2.50 bits per heavy atom. The van der Waals surface area contributed by atoms with Crippen LogP contribution in [0.2, 0.25) is 0 Å². The first-order chi connectivity index (χ1) is 4.79. The second kappa shape index (κ2) is 2.54. The molecule has 0 aromatic carbocycles. The molecular weight excluding hydrogens is 126 g/mol. The molecule has 3 nitrogen and oxygen atoms in total. The first-order valence-electron chi connectivity index (χ1n) is 3.04. The number of hydrogen-bond donors (Lipinski definition) is 1. The molecular formula is C7H9N3. The number of rotatable bonds is 1. The lowest BCUT2D eigenvalue weighted by Gasteiger charge is -1.97. The zero-order valence-electron chi connectivity index (χ0n) is 5.83. The van der Waals surface area contributed by atoms with Gasteiger partial charge in [-0.2, -0.15) is 5.26 Å². The highest BCUT2D eigenvalue weighted by atomic mass is 14.9. The van der Waals surface area contributed by atoms with Crippen molar-refractivity contribution < 1.29 is 0 Å². The van der Waals surface area contributed by atoms with E-state index in [-0.39, 0.29) is 0 Å². The molecule has 2 N–H and O–H groups in total. The van der Waals surface area contributed by atoms with Crippen LogP contribution in [0.25, 0.3) is 0 Å². The molecule has 0 atom stereocenters. The van der Waals surface area contributed by atoms with E-state index in [1.54, 1.807) is 6.07 Å². The van der Waals surface area contributed by atoms with Crippen LogP contribution in [0.4, 0.5) is 0 Å². The van der Waals surface area contributed by atoms with Crippen molar-refractivity contribution in [1.82, 2.24) is 4.57 Å². The Hall–Kier alpha value is -1.27. The average Bonchev–Trinajstić information content (AvgIpc) is 2.30. The number of aromatic nitrogens is 1. The fraction of sp³-hybridized carbons (Fsp3) is 0.286. The van der Waals surface area contributed by atoms with Gasteiger partial charge in [0.25, 0.3) is 0 Å². The fourth-order valence-electron chi connectivity index (χ4n) is 0.918. The number of aryl methyl sites for hydroxylation is 1. The molecule has 1 aromatic rings. The van der Waals surface area contributed by atoms with E-state index in [1.165, 1.54) is 0 Å². The molecule has 0 aliphatic rings. The molecule has 1 heterocycles. The minimum atomic E-state index is 0.423. The molecule has 0 spiro atoms. The van der Waals surface area contributed by atoms with Crippen LogP contribution in [0.1, 0.15) is 11.3 Å². The van der Waals surface area contributed by atoms with Gasteiger partial charge >= 0.3 is 0 Å². The van der Waals surface area contributed by atoms with Gasteiger partial charge in [-0.15, -0.1) is 0 Å². The van der Waals surface area contributed by atoms with Gasteiger partial charge in [0.1, 0.15) is 6.07 Å². The van der Waals surface area contributed by atoms with Crippen molar-refractivity contribution in [2.45, 2.75) is 6.54 Å². The lowest BCUT2D eigenvalue weighted by atomic mass is 10.3. The summed E-state index contributed by atoms with van der Waals surface area (Å²) < 4.78 is 1.86. The van der Waals surface area contributed by atoms with Crippen LogP contribution in [-0.2, 0) is 13.6 Å². The summed E-state index contributed by atoms with van der Waals surface area (Å²) in [5.74, 6) is 0. The molecule has 3 heteroatoms. The van der Waals surface area contributed by atoms with Crippen LogP contribution in [0.5, 0.6) is 0 Å². The highest BCUT2D eigenvalue weighted by molar-refractivity contribution is 5.34. The molecule has 0 fully saturated rings. The van der Waals surface area contributed by atoms with Gasteiger partial charge in [-0.3, -0.25) is 0 Å². The molecule has 0 aliphatic heterocycles. The Bertz CT molecular complexity index is 267. The summed E-state index contributed by atoms with van der Waals surface area (Å²) in [6, 6.07) is 3.83. The molecule has 10 heavy (non-hydrogen) atoms. The lowest BCUT2D eigenvalue weighted by Crippen LogP contribution is -2.04. The van der Waals surface area contributed by atoms with Crippen LogP contribution in [0.15, 0.2) is 12.3 Å². The topological polar surface area (TPSA) is 54.7 Å². The SMILES string of the molecule is Cn1ccc(C#N)c1CN. The molecule has 0 unspecified atom stereocenters. The van der Waals surface area contributed by atoms with E-state index in [4.69, 9.17) is 11.0 Å². The van der Waals surface area contributed by atoms with Crippen LogP contribution in [-0.4, -0.2) is 4.57 Å². The van der Waals surface area contributed by atoms with Crippen molar-refractivity contribution in [3.63, 3.8) is 0 Å². The zero-order chi connectivity index (χ0) is 7.56. The van der Waals surface area contributed by atoms with Crippen molar-refractivity contribution in [3.05, 3.63) is 23.5 Å². The zero-order valence-corrected chi connectivity index (χ0v) is 5.83. The Morgan fingerprint density at radius 1 is 1.80 bits per heavy atom. The first kappa shape index (κ1) is 6.84. The number of hydrogen-bond acceptors (Lipinski definition) is 2. The normalized spacial score (nSPS) is 9.30. The maximum atomic E-state index is 8.54. The first-order valence-corrected chi connectivity index (χ1v) is 3.04. The minimum absolute atomic E-state index is 0.423. The summed E-state index contributed by atoms with van der Waals surface area (Å²) in [5.41, 5.74) is 6.96. The van der Waals surface area contributed by atoms with Gasteiger partial charge in [0.2, 0.25) is 0 Å². The molecule has 0 saturated heterocycles. The predicted molar refractivity (Wildman–Crippen MR) is 38.0 cm³/mol. The van der Waals surface area contributed by atoms with Crippen molar-refractivity contribution in [3.8, 4) is 6.07 Å². The molecule has 52 valence electrons. The molecule has 0 aliphatic carbocycles. The van der Waals surface area contributed by atoms with Gasteiger partial charge in [-0.25, -0.2) is 0 Å². The van der Waals surface area contributed by atoms with E-state index in [0.717, 1.165) is 5.69 Å². The van der Waals surface area contributed by atoms with E-state index in [2.05, 4.69) is 6.07 Å². The maximum absolute atomic E-state index is 8.54. The molecule has 1 rings (SSSR count). The Kier molecular flexibility index (Phi) is 1.74. The predicted octanol–water partition coefficient (Wildman–Crippen LogP) is 0.355. The monoisotopic (exact) mass is 135 g/mol. The van der Waals surface area contributed by atoms with Gasteiger partial charge in [0, 0.05) is 25.5 Å². The molecule has 0 amide bonds. The quantitative estimate of drug-likeness (QED) is 0.604. The molecule has 1 aromatic heterocycles. The van der Waals surface area contributed by atoms with Crippen molar-refractivity contribution >= 4 is 0 Å². The van der Waals surface area contributed by atoms with Gasteiger partial charge in [-0.05, 0) is 6.07 Å². The average molecular weight is 135 g/mol. The lowest BCUT2D eigenvalue weighted by molar-refractivity contribution is 0.821. The molecule has 0 saturated carbocycles. The minimum Gasteiger partial charge on any atom is -0.352 e. The third-order valence-electron chi connectivity index (χ3n) is 1.52. The largest absolute Gasteiger partial charge is 0.352 e. The van der Waals surface area contributed by atoms with Crippen LogP contribution in [0.3, 0.4) is 0 Å². The van der Waals surface area contributed by atoms with Gasteiger partial charge in [0.15, 0.2) is 0 Å². The van der Waals surface area contributed by atoms with Gasteiger partial charge in [-0.1, -0.05) is 0 Å². The summed E-state index contributed by atoms with van der Waals surface area (Å²) in [5, 5.41) is 8.54. The molecule has 0 radical (unpaired) electrons. The van der Waals surface area contributed by atoms with Crippen LogP contribution >= 0.6 is 0 Å². The van der Waals surface area contributed by atoms with Gasteiger partial charge in [0.05, 0.1) is 5.56 Å². The Labute approximate surface area is 59.7 Å². The Morgan fingerprint density at radius 3 is 2.90 bits per heavy atom. The summed E-state index contributed by atoms with van der Waals surface area (Å²) in [6.07, 6.45) is 1.83.